The van der Waals surface area contributed by atoms with Crippen molar-refractivity contribution >= 4 is 30.7 Å². The van der Waals surface area contributed by atoms with Crippen LogP contribution in [0.2, 0.25) is 0 Å². The summed E-state index contributed by atoms with van der Waals surface area (Å²) in [5.41, 5.74) is 0.674. The highest BCUT2D eigenvalue weighted by Crippen LogP contribution is 2.21. The molecular weight excluding hydrogens is 389 g/mol. The van der Waals surface area contributed by atoms with Gasteiger partial charge in [-0.1, -0.05) is 11.2 Å². The molecular formula is C18H27Cl2N5O2. The highest BCUT2D eigenvalue weighted by atomic mass is 35.5. The molecule has 1 aliphatic heterocycles. The van der Waals surface area contributed by atoms with E-state index in [0.29, 0.717) is 30.3 Å². The van der Waals surface area contributed by atoms with Crippen molar-refractivity contribution in [3.8, 4) is 11.5 Å². The molecule has 0 spiro atoms. The summed E-state index contributed by atoms with van der Waals surface area (Å²) in [6, 6.07) is 5.55. The number of hydrogen-bond donors (Lipinski definition) is 1. The molecule has 1 fully saturated rings. The molecule has 2 aromatic heterocycles. The summed E-state index contributed by atoms with van der Waals surface area (Å²) in [5.74, 6) is 1.85. The molecule has 0 saturated carbocycles. The third-order valence-corrected chi connectivity index (χ3v) is 4.68. The van der Waals surface area contributed by atoms with E-state index in [1.807, 2.05) is 30.1 Å². The third kappa shape index (κ3) is 6.75. The lowest BCUT2D eigenvalue weighted by atomic mass is 9.93. The molecule has 1 amide bonds. The zero-order chi connectivity index (χ0) is 17.5. The molecule has 1 aliphatic rings. The van der Waals surface area contributed by atoms with Crippen molar-refractivity contribution in [2.45, 2.75) is 32.1 Å². The van der Waals surface area contributed by atoms with E-state index in [-0.39, 0.29) is 30.7 Å². The predicted octanol–water partition coefficient (Wildman–Crippen LogP) is 2.76. The Kier molecular flexibility index (Phi) is 10.3. The van der Waals surface area contributed by atoms with Gasteiger partial charge in [0, 0.05) is 32.1 Å². The van der Waals surface area contributed by atoms with Crippen molar-refractivity contribution in [3.63, 3.8) is 0 Å². The minimum atomic E-state index is 0. The number of amides is 1. The fourth-order valence-corrected chi connectivity index (χ4v) is 3.15. The summed E-state index contributed by atoms with van der Waals surface area (Å²) in [6.07, 6.45) is 5.95. The van der Waals surface area contributed by atoms with Gasteiger partial charge < -0.3 is 14.7 Å². The van der Waals surface area contributed by atoms with E-state index in [9.17, 15) is 4.79 Å². The van der Waals surface area contributed by atoms with E-state index in [1.165, 1.54) is 6.42 Å². The average molecular weight is 416 g/mol. The standard InChI is InChI=1S/C18H25N5O2.2ClH/c1-19-11-7-14-8-12-23(13-9-14)17(24)6-5-16-21-18(22-25-16)15-4-2-3-10-20-15;;/h2-4,10,14,19H,5-9,11-13H2,1H3;2*1H. The normalized spacial score (nSPS) is 14.3. The highest BCUT2D eigenvalue weighted by Gasteiger charge is 2.22. The van der Waals surface area contributed by atoms with Crippen molar-refractivity contribution in [1.29, 1.82) is 0 Å². The van der Waals surface area contributed by atoms with Gasteiger partial charge in [0.1, 0.15) is 5.69 Å². The van der Waals surface area contributed by atoms with Crippen LogP contribution in [-0.2, 0) is 11.2 Å². The fourth-order valence-electron chi connectivity index (χ4n) is 3.15. The molecule has 9 heteroatoms. The molecule has 3 heterocycles. The number of hydrogen-bond acceptors (Lipinski definition) is 6. The lowest BCUT2D eigenvalue weighted by Gasteiger charge is -2.32. The SMILES string of the molecule is CNCCC1CCN(C(=O)CCc2nc(-c3ccccn3)no2)CC1.Cl.Cl. The Bertz CT molecular complexity index is 675. The smallest absolute Gasteiger partial charge is 0.227 e. The summed E-state index contributed by atoms with van der Waals surface area (Å²) in [6.45, 7) is 2.76. The lowest BCUT2D eigenvalue weighted by molar-refractivity contribution is -0.132. The summed E-state index contributed by atoms with van der Waals surface area (Å²) >= 11 is 0. The van der Waals surface area contributed by atoms with Crippen molar-refractivity contribution in [3.05, 3.63) is 30.3 Å². The Labute approximate surface area is 172 Å². The van der Waals surface area contributed by atoms with Crippen LogP contribution in [0.15, 0.2) is 28.9 Å². The van der Waals surface area contributed by atoms with Gasteiger partial charge in [-0.25, -0.2) is 0 Å². The number of aryl methyl sites for hydroxylation is 1. The summed E-state index contributed by atoms with van der Waals surface area (Å²) in [7, 11) is 1.98. The highest BCUT2D eigenvalue weighted by molar-refractivity contribution is 5.85. The first-order chi connectivity index (χ1) is 12.3. The second kappa shape index (κ2) is 11.9. The van der Waals surface area contributed by atoms with Crippen LogP contribution >= 0.6 is 24.8 Å². The van der Waals surface area contributed by atoms with Gasteiger partial charge >= 0.3 is 0 Å². The Morgan fingerprint density at radius 3 is 2.74 bits per heavy atom. The van der Waals surface area contributed by atoms with Crippen molar-refractivity contribution in [2.24, 2.45) is 5.92 Å². The van der Waals surface area contributed by atoms with Crippen molar-refractivity contribution in [2.75, 3.05) is 26.7 Å². The minimum Gasteiger partial charge on any atom is -0.343 e. The summed E-state index contributed by atoms with van der Waals surface area (Å²) in [5, 5.41) is 7.13. The molecule has 0 aromatic carbocycles. The van der Waals surface area contributed by atoms with Crippen LogP contribution in [-0.4, -0.2) is 52.6 Å². The molecule has 7 nitrogen and oxygen atoms in total. The maximum Gasteiger partial charge on any atom is 0.227 e. The van der Waals surface area contributed by atoms with Crippen LogP contribution in [0.25, 0.3) is 11.5 Å². The Morgan fingerprint density at radius 1 is 1.30 bits per heavy atom. The van der Waals surface area contributed by atoms with Crippen LogP contribution in [0.1, 0.15) is 31.6 Å². The number of nitrogens with zero attached hydrogens (tertiary/aromatic N) is 4. The molecule has 3 rings (SSSR count). The van der Waals surface area contributed by atoms with Gasteiger partial charge in [0.2, 0.25) is 17.6 Å². The van der Waals surface area contributed by atoms with Crippen LogP contribution in [0.3, 0.4) is 0 Å². The lowest BCUT2D eigenvalue weighted by Crippen LogP contribution is -2.39. The van der Waals surface area contributed by atoms with Gasteiger partial charge in [0.25, 0.3) is 0 Å². The Balaban J connectivity index is 0.00000182. The van der Waals surface area contributed by atoms with E-state index in [0.717, 1.165) is 38.4 Å². The van der Waals surface area contributed by atoms with Crippen LogP contribution in [0, 0.1) is 5.92 Å². The maximum atomic E-state index is 12.4. The number of likely N-dealkylation sites (tertiary alicyclic amines) is 1. The maximum absolute atomic E-state index is 12.4. The van der Waals surface area contributed by atoms with Crippen LogP contribution in [0.5, 0.6) is 0 Å². The second-order valence-electron chi connectivity index (χ2n) is 6.44. The van der Waals surface area contributed by atoms with Gasteiger partial charge in [-0.05, 0) is 50.9 Å². The molecule has 0 atom stereocenters. The van der Waals surface area contributed by atoms with Gasteiger partial charge in [0.15, 0.2) is 0 Å². The summed E-state index contributed by atoms with van der Waals surface area (Å²) in [4.78, 5) is 22.9. The van der Waals surface area contributed by atoms with Gasteiger partial charge in [-0.2, -0.15) is 4.98 Å². The molecule has 1 N–H and O–H groups in total. The number of aromatic nitrogens is 3. The summed E-state index contributed by atoms with van der Waals surface area (Å²) < 4.78 is 5.24. The zero-order valence-electron chi connectivity index (χ0n) is 15.5. The Morgan fingerprint density at radius 2 is 2.07 bits per heavy atom. The molecule has 0 unspecified atom stereocenters. The molecule has 27 heavy (non-hydrogen) atoms. The van der Waals surface area contributed by atoms with Crippen molar-refractivity contribution in [1.82, 2.24) is 25.3 Å². The van der Waals surface area contributed by atoms with Crippen LogP contribution in [0.4, 0.5) is 0 Å². The zero-order valence-corrected chi connectivity index (χ0v) is 17.1. The average Bonchev–Trinajstić information content (AvgIpc) is 3.14. The largest absolute Gasteiger partial charge is 0.343 e. The number of pyridine rings is 1. The number of nitrogens with one attached hydrogen (secondary N) is 1. The van der Waals surface area contributed by atoms with Gasteiger partial charge in [-0.15, -0.1) is 24.8 Å². The predicted molar refractivity (Wildman–Crippen MR) is 108 cm³/mol. The molecule has 0 aliphatic carbocycles. The van der Waals surface area contributed by atoms with Gasteiger partial charge in [-0.3, -0.25) is 9.78 Å². The number of rotatable bonds is 7. The van der Waals surface area contributed by atoms with E-state index < -0.39 is 0 Å². The first kappa shape index (κ1) is 23.3. The van der Waals surface area contributed by atoms with Gasteiger partial charge in [0.05, 0.1) is 0 Å². The number of carbonyl (C=O) groups is 1. The third-order valence-electron chi connectivity index (χ3n) is 4.68. The van der Waals surface area contributed by atoms with E-state index in [4.69, 9.17) is 4.52 Å². The van der Waals surface area contributed by atoms with Crippen LogP contribution < -0.4 is 5.32 Å². The topological polar surface area (TPSA) is 84.2 Å². The number of halogens is 2. The van der Waals surface area contributed by atoms with E-state index >= 15 is 0 Å². The number of carbonyl (C=O) groups excluding carboxylic acids is 1. The quantitative estimate of drug-likeness (QED) is 0.747. The molecule has 2 aromatic rings. The molecule has 0 radical (unpaired) electrons. The first-order valence-corrected chi connectivity index (χ1v) is 8.92. The monoisotopic (exact) mass is 415 g/mol. The molecule has 1 saturated heterocycles. The minimum absolute atomic E-state index is 0. The Hall–Kier alpha value is -1.70. The fraction of sp³-hybridized carbons (Fsp3) is 0.556. The molecule has 150 valence electrons. The van der Waals surface area contributed by atoms with E-state index in [1.54, 1.807) is 6.20 Å². The van der Waals surface area contributed by atoms with E-state index in [2.05, 4.69) is 20.4 Å². The molecule has 0 bridgehead atoms. The number of piperidine rings is 1. The van der Waals surface area contributed by atoms with Crippen molar-refractivity contribution < 1.29 is 9.32 Å². The first-order valence-electron chi connectivity index (χ1n) is 8.92. The second-order valence-corrected chi connectivity index (χ2v) is 6.44.